The molecule has 100 valence electrons. The number of hydrogen-bond donors (Lipinski definition) is 1. The fourth-order valence-electron chi connectivity index (χ4n) is 1.81. The van der Waals surface area contributed by atoms with Crippen molar-refractivity contribution < 1.29 is 13.5 Å². The Morgan fingerprint density at radius 3 is 2.63 bits per heavy atom. The van der Waals surface area contributed by atoms with Crippen LogP contribution in [0.4, 0.5) is 8.78 Å². The first-order valence-electron chi connectivity index (χ1n) is 5.98. The molecular weight excluding hydrogens is 248 g/mol. The van der Waals surface area contributed by atoms with E-state index in [1.165, 1.54) is 18.2 Å². The van der Waals surface area contributed by atoms with Crippen LogP contribution in [0, 0.1) is 18.6 Å². The molecule has 2 rings (SSSR count). The van der Waals surface area contributed by atoms with Gasteiger partial charge in [0.2, 0.25) is 0 Å². The van der Waals surface area contributed by atoms with Gasteiger partial charge < -0.3 is 10.5 Å². The minimum absolute atomic E-state index is 0.125. The zero-order valence-corrected chi connectivity index (χ0v) is 10.6. The lowest BCUT2D eigenvalue weighted by molar-refractivity contribution is 0.204. The average Bonchev–Trinajstić information content (AvgIpc) is 2.39. The van der Waals surface area contributed by atoms with Gasteiger partial charge in [-0.3, -0.25) is 0 Å². The predicted octanol–water partition coefficient (Wildman–Crippen LogP) is 3.35. The molecule has 0 aliphatic heterocycles. The van der Waals surface area contributed by atoms with Crippen molar-refractivity contribution in [2.75, 3.05) is 6.54 Å². The highest BCUT2D eigenvalue weighted by Gasteiger charge is 2.14. The predicted molar refractivity (Wildman–Crippen MR) is 70.0 cm³/mol. The first kappa shape index (κ1) is 13.5. The molecule has 19 heavy (non-hydrogen) atoms. The van der Waals surface area contributed by atoms with Crippen LogP contribution < -0.4 is 10.5 Å². The number of nitrogens with two attached hydrogens (primary N) is 1. The van der Waals surface area contributed by atoms with Gasteiger partial charge in [-0.2, -0.15) is 0 Å². The quantitative estimate of drug-likeness (QED) is 0.918. The van der Waals surface area contributed by atoms with Crippen LogP contribution in [0.3, 0.4) is 0 Å². The summed E-state index contributed by atoms with van der Waals surface area (Å²) in [5.74, 6) is -0.704. The molecule has 0 spiro atoms. The molecule has 2 N–H and O–H groups in total. The Kier molecular flexibility index (Phi) is 4.12. The molecule has 1 atom stereocenters. The van der Waals surface area contributed by atoms with Crippen molar-refractivity contribution >= 4 is 0 Å². The van der Waals surface area contributed by atoms with Gasteiger partial charge >= 0.3 is 0 Å². The van der Waals surface area contributed by atoms with Gasteiger partial charge in [0.1, 0.15) is 11.9 Å². The molecule has 4 heteroatoms. The SMILES string of the molecule is Cc1ccc(F)c(OC(CN)c2cccc(F)c2)c1. The molecule has 0 fully saturated rings. The Balaban J connectivity index is 2.26. The van der Waals surface area contributed by atoms with Crippen LogP contribution in [-0.2, 0) is 0 Å². The van der Waals surface area contributed by atoms with E-state index in [-0.39, 0.29) is 18.1 Å². The van der Waals surface area contributed by atoms with Crippen LogP contribution in [0.1, 0.15) is 17.2 Å². The third kappa shape index (κ3) is 3.29. The fraction of sp³-hybridized carbons (Fsp3) is 0.200. The van der Waals surface area contributed by atoms with Crippen LogP contribution in [0.25, 0.3) is 0 Å². The summed E-state index contributed by atoms with van der Waals surface area (Å²) < 4.78 is 32.3. The summed E-state index contributed by atoms with van der Waals surface area (Å²) in [6.07, 6.45) is -0.577. The summed E-state index contributed by atoms with van der Waals surface area (Å²) in [6.45, 7) is 1.97. The largest absolute Gasteiger partial charge is 0.481 e. The van der Waals surface area contributed by atoms with E-state index in [4.69, 9.17) is 10.5 Å². The van der Waals surface area contributed by atoms with Gasteiger partial charge in [0.15, 0.2) is 11.6 Å². The highest BCUT2D eigenvalue weighted by molar-refractivity contribution is 5.31. The lowest BCUT2D eigenvalue weighted by Crippen LogP contribution is -2.19. The van der Waals surface area contributed by atoms with Crippen LogP contribution in [-0.4, -0.2) is 6.54 Å². The molecule has 0 heterocycles. The summed E-state index contributed by atoms with van der Waals surface area (Å²) in [5.41, 5.74) is 7.09. The van der Waals surface area contributed by atoms with Crippen molar-refractivity contribution in [1.82, 2.24) is 0 Å². The van der Waals surface area contributed by atoms with Crippen molar-refractivity contribution in [3.63, 3.8) is 0 Å². The second-order valence-electron chi connectivity index (χ2n) is 4.33. The van der Waals surface area contributed by atoms with E-state index in [9.17, 15) is 8.78 Å². The highest BCUT2D eigenvalue weighted by Crippen LogP contribution is 2.25. The number of halogens is 2. The fourth-order valence-corrected chi connectivity index (χ4v) is 1.81. The second kappa shape index (κ2) is 5.80. The third-order valence-electron chi connectivity index (χ3n) is 2.79. The Labute approximate surface area is 110 Å². The Bertz CT molecular complexity index is 572. The molecule has 0 aromatic heterocycles. The van der Waals surface area contributed by atoms with E-state index in [0.717, 1.165) is 5.56 Å². The maximum atomic E-state index is 13.6. The van der Waals surface area contributed by atoms with Gasteiger partial charge in [-0.05, 0) is 42.3 Å². The molecule has 0 aliphatic rings. The average molecular weight is 263 g/mol. The van der Waals surface area contributed by atoms with Crippen molar-refractivity contribution in [1.29, 1.82) is 0 Å². The molecule has 0 saturated carbocycles. The Morgan fingerprint density at radius 1 is 1.16 bits per heavy atom. The summed E-state index contributed by atoms with van der Waals surface area (Å²) in [4.78, 5) is 0. The van der Waals surface area contributed by atoms with Crippen molar-refractivity contribution in [2.45, 2.75) is 13.0 Å². The van der Waals surface area contributed by atoms with Crippen LogP contribution >= 0.6 is 0 Å². The van der Waals surface area contributed by atoms with E-state index in [0.29, 0.717) is 5.56 Å². The highest BCUT2D eigenvalue weighted by atomic mass is 19.1. The molecule has 2 aromatic rings. The second-order valence-corrected chi connectivity index (χ2v) is 4.33. The molecule has 0 aliphatic carbocycles. The number of hydrogen-bond acceptors (Lipinski definition) is 2. The van der Waals surface area contributed by atoms with Crippen molar-refractivity contribution in [3.8, 4) is 5.75 Å². The maximum Gasteiger partial charge on any atom is 0.165 e. The molecule has 0 radical (unpaired) electrons. The van der Waals surface area contributed by atoms with Gasteiger partial charge in [0.05, 0.1) is 0 Å². The molecular formula is C15H15F2NO. The molecule has 0 bridgehead atoms. The number of rotatable bonds is 4. The topological polar surface area (TPSA) is 35.2 Å². The van der Waals surface area contributed by atoms with Gasteiger partial charge in [0.25, 0.3) is 0 Å². The van der Waals surface area contributed by atoms with Gasteiger partial charge in [-0.15, -0.1) is 0 Å². The molecule has 0 saturated heterocycles. The number of aryl methyl sites for hydroxylation is 1. The van der Waals surface area contributed by atoms with Gasteiger partial charge in [0, 0.05) is 6.54 Å². The Morgan fingerprint density at radius 2 is 1.95 bits per heavy atom. The monoisotopic (exact) mass is 263 g/mol. The number of ether oxygens (including phenoxy) is 1. The minimum atomic E-state index is -0.577. The van der Waals surface area contributed by atoms with Crippen molar-refractivity contribution in [2.24, 2.45) is 5.73 Å². The lowest BCUT2D eigenvalue weighted by Gasteiger charge is -2.18. The number of benzene rings is 2. The minimum Gasteiger partial charge on any atom is -0.481 e. The molecule has 1 unspecified atom stereocenters. The van der Waals surface area contributed by atoms with E-state index < -0.39 is 11.9 Å². The molecule has 2 aromatic carbocycles. The zero-order chi connectivity index (χ0) is 13.8. The van der Waals surface area contributed by atoms with E-state index in [2.05, 4.69) is 0 Å². The first-order valence-corrected chi connectivity index (χ1v) is 5.98. The van der Waals surface area contributed by atoms with Crippen LogP contribution in [0.5, 0.6) is 5.75 Å². The van der Waals surface area contributed by atoms with Crippen LogP contribution in [0.2, 0.25) is 0 Å². The standard InChI is InChI=1S/C15H15F2NO/c1-10-5-6-13(17)14(7-10)19-15(9-18)11-3-2-4-12(16)8-11/h2-8,15H,9,18H2,1H3. The van der Waals surface area contributed by atoms with E-state index >= 15 is 0 Å². The summed E-state index contributed by atoms with van der Waals surface area (Å²) >= 11 is 0. The first-order chi connectivity index (χ1) is 9.10. The third-order valence-corrected chi connectivity index (χ3v) is 2.79. The zero-order valence-electron chi connectivity index (χ0n) is 10.6. The smallest absolute Gasteiger partial charge is 0.165 e. The summed E-state index contributed by atoms with van der Waals surface area (Å²) in [5, 5.41) is 0. The summed E-state index contributed by atoms with van der Waals surface area (Å²) in [6, 6.07) is 10.5. The maximum absolute atomic E-state index is 13.6. The summed E-state index contributed by atoms with van der Waals surface area (Å²) in [7, 11) is 0. The Hall–Kier alpha value is -1.94. The van der Waals surface area contributed by atoms with Gasteiger partial charge in [-0.1, -0.05) is 18.2 Å². The molecule has 0 amide bonds. The van der Waals surface area contributed by atoms with E-state index in [1.807, 2.05) is 6.92 Å². The van der Waals surface area contributed by atoms with Crippen molar-refractivity contribution in [3.05, 3.63) is 65.2 Å². The lowest BCUT2D eigenvalue weighted by atomic mass is 10.1. The van der Waals surface area contributed by atoms with E-state index in [1.54, 1.807) is 24.3 Å². The van der Waals surface area contributed by atoms with Gasteiger partial charge in [-0.25, -0.2) is 8.78 Å². The normalized spacial score (nSPS) is 12.2. The van der Waals surface area contributed by atoms with Crippen LogP contribution in [0.15, 0.2) is 42.5 Å². The molecule has 2 nitrogen and oxygen atoms in total.